The first-order chi connectivity index (χ1) is 15.3. The zero-order valence-electron chi connectivity index (χ0n) is 18.1. The Hall–Kier alpha value is -3.71. The van der Waals surface area contributed by atoms with Crippen molar-refractivity contribution >= 4 is 28.5 Å². The summed E-state index contributed by atoms with van der Waals surface area (Å²) in [6.45, 7) is 5.16. The molecule has 0 atom stereocenters. The number of piperazine rings is 1. The van der Waals surface area contributed by atoms with Gasteiger partial charge in [0.2, 0.25) is 0 Å². The minimum atomic E-state index is -0.833. The molecule has 7 heteroatoms. The molecule has 0 unspecified atom stereocenters. The van der Waals surface area contributed by atoms with Gasteiger partial charge >= 0.3 is 0 Å². The van der Waals surface area contributed by atoms with Crippen molar-refractivity contribution in [1.82, 2.24) is 9.80 Å². The number of nitrogens with two attached hydrogens (primary N) is 1. The summed E-state index contributed by atoms with van der Waals surface area (Å²) in [5.41, 5.74) is 8.06. The van der Waals surface area contributed by atoms with Crippen molar-refractivity contribution in [3.63, 3.8) is 0 Å². The highest BCUT2D eigenvalue weighted by molar-refractivity contribution is 5.98. The maximum Gasteiger partial charge on any atom is 0.300 e. The molecule has 1 saturated heterocycles. The highest BCUT2D eigenvalue weighted by Gasteiger charge is 2.22. The highest BCUT2D eigenvalue weighted by Crippen LogP contribution is 2.18. The summed E-state index contributed by atoms with van der Waals surface area (Å²) in [6, 6.07) is 22.0. The molecule has 4 N–H and O–H groups in total. The van der Waals surface area contributed by atoms with Crippen molar-refractivity contribution < 1.29 is 14.7 Å². The molecule has 0 aliphatic carbocycles. The maximum absolute atomic E-state index is 12.7. The van der Waals surface area contributed by atoms with Crippen LogP contribution in [0.2, 0.25) is 0 Å². The Morgan fingerprint density at radius 3 is 2.06 bits per heavy atom. The highest BCUT2D eigenvalue weighted by atomic mass is 16.4. The molecule has 1 aliphatic rings. The number of nitrogen functional groups attached to an aromatic ring is 1. The molecule has 0 saturated carbocycles. The van der Waals surface area contributed by atoms with Crippen molar-refractivity contribution in [3.05, 3.63) is 83.4 Å². The second kappa shape index (κ2) is 10.5. The fourth-order valence-corrected chi connectivity index (χ4v) is 3.68. The Kier molecular flexibility index (Phi) is 7.57. The molecule has 0 bridgehead atoms. The van der Waals surface area contributed by atoms with E-state index in [2.05, 4.69) is 47.4 Å². The van der Waals surface area contributed by atoms with Crippen LogP contribution in [0, 0.1) is 5.41 Å². The second-order valence-electron chi connectivity index (χ2n) is 7.76. The number of aliphatic carboxylic acids is 1. The van der Waals surface area contributed by atoms with Crippen molar-refractivity contribution in [3.8, 4) is 0 Å². The largest absolute Gasteiger partial charge is 0.481 e. The molecular weight excluding hydrogens is 404 g/mol. The second-order valence-corrected chi connectivity index (χ2v) is 7.76. The molecule has 166 valence electrons. The standard InChI is InChI=1S/C23H24N4O.C2H4O2/c24-22(25)19-7-9-20(10-8-19)23(28)27-13-11-26(12-14-27)16-17-5-6-18-3-1-2-4-21(18)15-17;1-2(3)4/h1-10,15H,11-14,16H2,(H3,24,25);1H3,(H,3,4). The van der Waals surface area contributed by atoms with E-state index in [0.717, 1.165) is 39.6 Å². The molecule has 32 heavy (non-hydrogen) atoms. The third-order valence-electron chi connectivity index (χ3n) is 5.32. The van der Waals surface area contributed by atoms with E-state index in [-0.39, 0.29) is 11.7 Å². The van der Waals surface area contributed by atoms with E-state index in [1.54, 1.807) is 24.3 Å². The van der Waals surface area contributed by atoms with E-state index >= 15 is 0 Å². The zero-order chi connectivity index (χ0) is 23.1. The van der Waals surface area contributed by atoms with Gasteiger partial charge in [-0.2, -0.15) is 0 Å². The zero-order valence-corrected chi connectivity index (χ0v) is 18.1. The van der Waals surface area contributed by atoms with Gasteiger partial charge in [0, 0.05) is 50.8 Å². The van der Waals surface area contributed by atoms with E-state index in [4.69, 9.17) is 21.0 Å². The first-order valence-electron chi connectivity index (χ1n) is 10.5. The van der Waals surface area contributed by atoms with E-state index < -0.39 is 5.97 Å². The molecule has 1 aliphatic heterocycles. The smallest absolute Gasteiger partial charge is 0.300 e. The number of amidine groups is 1. The van der Waals surface area contributed by atoms with Gasteiger partial charge < -0.3 is 15.7 Å². The van der Waals surface area contributed by atoms with E-state index in [1.807, 2.05) is 4.90 Å². The van der Waals surface area contributed by atoms with Crippen molar-refractivity contribution in [2.45, 2.75) is 13.5 Å². The number of rotatable bonds is 4. The Morgan fingerprint density at radius 1 is 0.906 bits per heavy atom. The number of carboxylic acid groups (broad SMARTS) is 1. The van der Waals surface area contributed by atoms with E-state index in [1.165, 1.54) is 16.3 Å². The number of amides is 1. The van der Waals surface area contributed by atoms with Gasteiger partial charge in [-0.1, -0.05) is 48.5 Å². The Balaban J connectivity index is 0.000000668. The number of hydrogen-bond acceptors (Lipinski definition) is 4. The van der Waals surface area contributed by atoms with Crippen LogP contribution in [0.25, 0.3) is 10.8 Å². The third-order valence-corrected chi connectivity index (χ3v) is 5.32. The van der Waals surface area contributed by atoms with Gasteiger partial charge in [-0.15, -0.1) is 0 Å². The van der Waals surface area contributed by atoms with Gasteiger partial charge in [0.25, 0.3) is 11.9 Å². The molecule has 0 aromatic heterocycles. The maximum atomic E-state index is 12.7. The fraction of sp³-hybridized carbons (Fsp3) is 0.240. The Bertz CT molecular complexity index is 1100. The molecule has 3 aromatic rings. The van der Waals surface area contributed by atoms with E-state index in [0.29, 0.717) is 11.1 Å². The summed E-state index contributed by atoms with van der Waals surface area (Å²) < 4.78 is 0. The topological polar surface area (TPSA) is 111 Å². The van der Waals surface area contributed by atoms with Gasteiger partial charge in [0.05, 0.1) is 0 Å². The first-order valence-corrected chi connectivity index (χ1v) is 10.5. The van der Waals surface area contributed by atoms with Crippen LogP contribution in [0.15, 0.2) is 66.7 Å². The van der Waals surface area contributed by atoms with Gasteiger partial charge in [0.15, 0.2) is 0 Å². The number of nitrogens with one attached hydrogen (secondary N) is 1. The number of nitrogens with zero attached hydrogens (tertiary/aromatic N) is 2. The Morgan fingerprint density at radius 2 is 1.47 bits per heavy atom. The van der Waals surface area contributed by atoms with Crippen LogP contribution in [-0.2, 0) is 11.3 Å². The molecule has 1 fully saturated rings. The van der Waals surface area contributed by atoms with Crippen LogP contribution in [0.4, 0.5) is 0 Å². The fourth-order valence-electron chi connectivity index (χ4n) is 3.68. The molecule has 3 aromatic carbocycles. The summed E-state index contributed by atoms with van der Waals surface area (Å²) in [5.74, 6) is -0.776. The molecule has 0 radical (unpaired) electrons. The molecule has 1 amide bonds. The normalized spacial score (nSPS) is 13.8. The quantitative estimate of drug-likeness (QED) is 0.433. The van der Waals surface area contributed by atoms with Crippen LogP contribution in [0.3, 0.4) is 0 Å². The van der Waals surface area contributed by atoms with Gasteiger partial charge in [-0.25, -0.2) is 0 Å². The lowest BCUT2D eigenvalue weighted by Gasteiger charge is -2.34. The average Bonchev–Trinajstić information content (AvgIpc) is 2.79. The van der Waals surface area contributed by atoms with E-state index in [9.17, 15) is 4.79 Å². The van der Waals surface area contributed by atoms with Crippen LogP contribution in [-0.4, -0.2) is 58.8 Å². The lowest BCUT2D eigenvalue weighted by molar-refractivity contribution is -0.134. The third kappa shape index (κ3) is 6.15. The average molecular weight is 433 g/mol. The summed E-state index contributed by atoms with van der Waals surface area (Å²) in [7, 11) is 0. The van der Waals surface area contributed by atoms with Crippen molar-refractivity contribution in [2.75, 3.05) is 26.2 Å². The lowest BCUT2D eigenvalue weighted by atomic mass is 10.1. The number of hydrogen-bond donors (Lipinski definition) is 3. The summed E-state index contributed by atoms with van der Waals surface area (Å²) in [6.07, 6.45) is 0. The number of carbonyl (C=O) groups excluding carboxylic acids is 1. The SMILES string of the molecule is CC(=O)O.N=C(N)c1ccc(C(=O)N2CCN(Cc3ccc4ccccc4c3)CC2)cc1. The first kappa shape index (κ1) is 23.0. The van der Waals surface area contributed by atoms with Gasteiger partial charge in [0.1, 0.15) is 5.84 Å². The number of benzene rings is 3. The van der Waals surface area contributed by atoms with Crippen LogP contribution in [0.1, 0.15) is 28.4 Å². The lowest BCUT2D eigenvalue weighted by Crippen LogP contribution is -2.48. The molecular formula is C25H28N4O3. The number of fused-ring (bicyclic) bond motifs is 1. The number of carbonyl (C=O) groups is 2. The van der Waals surface area contributed by atoms with Crippen LogP contribution in [0.5, 0.6) is 0 Å². The molecule has 4 rings (SSSR count). The Labute approximate surface area is 187 Å². The minimum absolute atomic E-state index is 0.0151. The monoisotopic (exact) mass is 432 g/mol. The van der Waals surface area contributed by atoms with Gasteiger partial charge in [-0.3, -0.25) is 19.9 Å². The van der Waals surface area contributed by atoms with Crippen LogP contribution < -0.4 is 5.73 Å². The van der Waals surface area contributed by atoms with Gasteiger partial charge in [-0.05, 0) is 34.5 Å². The summed E-state index contributed by atoms with van der Waals surface area (Å²) in [5, 5.41) is 17.4. The molecule has 0 spiro atoms. The predicted octanol–water partition coefficient (Wildman–Crippen LogP) is 3.17. The number of carboxylic acids is 1. The summed E-state index contributed by atoms with van der Waals surface area (Å²) >= 11 is 0. The minimum Gasteiger partial charge on any atom is -0.481 e. The predicted molar refractivity (Wildman–Crippen MR) is 126 cm³/mol. The summed E-state index contributed by atoms with van der Waals surface area (Å²) in [4.78, 5) is 26.0. The van der Waals surface area contributed by atoms with Crippen LogP contribution >= 0.6 is 0 Å². The van der Waals surface area contributed by atoms with Crippen molar-refractivity contribution in [2.24, 2.45) is 5.73 Å². The van der Waals surface area contributed by atoms with Crippen molar-refractivity contribution in [1.29, 1.82) is 5.41 Å². The molecule has 1 heterocycles. The molecule has 7 nitrogen and oxygen atoms in total.